The number of hydrogen-bond donors (Lipinski definition) is 2. The zero-order valence-corrected chi connectivity index (χ0v) is 10.4. The minimum absolute atomic E-state index is 0.363. The van der Waals surface area contributed by atoms with E-state index in [4.69, 9.17) is 5.11 Å². The van der Waals surface area contributed by atoms with Crippen LogP contribution in [0.1, 0.15) is 12.5 Å². The van der Waals surface area contributed by atoms with Gasteiger partial charge in [-0.3, -0.25) is 4.79 Å². The Morgan fingerprint density at radius 1 is 1.56 bits per heavy atom. The van der Waals surface area contributed by atoms with Crippen LogP contribution in [0.15, 0.2) is 28.9 Å². The Balaban J connectivity index is 2.39. The summed E-state index contributed by atoms with van der Waals surface area (Å²) in [6.07, 6.45) is 2.43. The van der Waals surface area contributed by atoms with Crippen molar-refractivity contribution in [1.29, 1.82) is 0 Å². The molecule has 16 heavy (non-hydrogen) atoms. The molecule has 0 amide bonds. The van der Waals surface area contributed by atoms with Gasteiger partial charge in [0.25, 0.3) is 0 Å². The van der Waals surface area contributed by atoms with Crippen LogP contribution in [0.25, 0.3) is 10.9 Å². The number of benzene rings is 1. The van der Waals surface area contributed by atoms with Crippen LogP contribution in [-0.2, 0) is 11.2 Å². The van der Waals surface area contributed by atoms with Crippen LogP contribution in [0, 0.1) is 5.92 Å². The monoisotopic (exact) mass is 281 g/mol. The molecule has 0 saturated heterocycles. The molecule has 1 aromatic carbocycles. The Morgan fingerprint density at radius 2 is 2.31 bits per heavy atom. The van der Waals surface area contributed by atoms with Crippen molar-refractivity contribution in [2.45, 2.75) is 13.3 Å². The fourth-order valence-corrected chi connectivity index (χ4v) is 2.24. The molecule has 1 aromatic heterocycles. The summed E-state index contributed by atoms with van der Waals surface area (Å²) >= 11 is 3.46. The number of para-hydroxylation sites is 1. The van der Waals surface area contributed by atoms with Crippen molar-refractivity contribution in [3.05, 3.63) is 34.4 Å². The third kappa shape index (κ3) is 1.97. The lowest BCUT2D eigenvalue weighted by molar-refractivity contribution is -0.141. The van der Waals surface area contributed by atoms with E-state index in [9.17, 15) is 4.79 Å². The van der Waals surface area contributed by atoms with Crippen molar-refractivity contribution in [3.8, 4) is 0 Å². The van der Waals surface area contributed by atoms with Gasteiger partial charge < -0.3 is 10.1 Å². The number of H-pyrrole nitrogens is 1. The predicted molar refractivity (Wildman–Crippen MR) is 66.5 cm³/mol. The lowest BCUT2D eigenvalue weighted by atomic mass is 10.0. The Kier molecular flexibility index (Phi) is 3.01. The maximum atomic E-state index is 10.8. The van der Waals surface area contributed by atoms with Crippen LogP contribution < -0.4 is 0 Å². The Morgan fingerprint density at radius 3 is 3.00 bits per heavy atom. The number of aromatic nitrogens is 1. The number of halogens is 1. The first-order valence-electron chi connectivity index (χ1n) is 5.07. The lowest BCUT2D eigenvalue weighted by Gasteiger charge is -2.04. The van der Waals surface area contributed by atoms with Crippen LogP contribution in [0.2, 0.25) is 0 Å². The van der Waals surface area contributed by atoms with E-state index in [1.807, 2.05) is 24.4 Å². The molecule has 0 aliphatic heterocycles. The molecule has 0 saturated carbocycles. The van der Waals surface area contributed by atoms with Crippen molar-refractivity contribution < 1.29 is 9.90 Å². The minimum atomic E-state index is -0.760. The highest BCUT2D eigenvalue weighted by Gasteiger charge is 2.14. The molecular weight excluding hydrogens is 270 g/mol. The highest BCUT2D eigenvalue weighted by Crippen LogP contribution is 2.26. The van der Waals surface area contributed by atoms with Gasteiger partial charge in [0, 0.05) is 16.1 Å². The average Bonchev–Trinajstić information content (AvgIpc) is 2.63. The third-order valence-corrected chi connectivity index (χ3v) is 3.36. The van der Waals surface area contributed by atoms with E-state index in [0.29, 0.717) is 6.42 Å². The normalized spacial score (nSPS) is 12.9. The summed E-state index contributed by atoms with van der Waals surface area (Å²) in [6, 6.07) is 5.92. The first kappa shape index (κ1) is 11.2. The highest BCUT2D eigenvalue weighted by atomic mass is 79.9. The van der Waals surface area contributed by atoms with Gasteiger partial charge in [-0.2, -0.15) is 0 Å². The molecule has 0 spiro atoms. The number of aromatic amines is 1. The van der Waals surface area contributed by atoms with Crippen molar-refractivity contribution in [3.63, 3.8) is 0 Å². The fraction of sp³-hybridized carbons (Fsp3) is 0.250. The molecular formula is C12H12BrNO2. The molecule has 1 unspecified atom stereocenters. The number of carbonyl (C=O) groups is 1. The van der Waals surface area contributed by atoms with Crippen molar-refractivity contribution in [2.75, 3.05) is 0 Å². The van der Waals surface area contributed by atoms with Crippen molar-refractivity contribution >= 4 is 32.8 Å². The van der Waals surface area contributed by atoms with Gasteiger partial charge in [0.15, 0.2) is 0 Å². The minimum Gasteiger partial charge on any atom is -0.481 e. The van der Waals surface area contributed by atoms with Crippen LogP contribution in [-0.4, -0.2) is 16.1 Å². The molecule has 1 heterocycles. The molecule has 0 bridgehead atoms. The van der Waals surface area contributed by atoms with Gasteiger partial charge in [0.05, 0.1) is 11.4 Å². The quantitative estimate of drug-likeness (QED) is 0.908. The number of aliphatic carboxylic acids is 1. The average molecular weight is 282 g/mol. The summed E-state index contributed by atoms with van der Waals surface area (Å²) in [7, 11) is 0. The highest BCUT2D eigenvalue weighted by molar-refractivity contribution is 9.10. The molecule has 2 rings (SSSR count). The zero-order chi connectivity index (χ0) is 11.7. The number of carboxylic acids is 1. The molecule has 2 N–H and O–H groups in total. The molecule has 2 aromatic rings. The van der Waals surface area contributed by atoms with Gasteiger partial charge in [0.2, 0.25) is 0 Å². The second-order valence-corrected chi connectivity index (χ2v) is 4.77. The third-order valence-electron chi connectivity index (χ3n) is 2.70. The topological polar surface area (TPSA) is 53.1 Å². The second-order valence-electron chi connectivity index (χ2n) is 3.92. The summed E-state index contributed by atoms with van der Waals surface area (Å²) in [5.41, 5.74) is 2.07. The van der Waals surface area contributed by atoms with Gasteiger partial charge in [-0.05, 0) is 34.0 Å². The Bertz CT molecular complexity index is 533. The fourth-order valence-electron chi connectivity index (χ4n) is 1.76. The van der Waals surface area contributed by atoms with Gasteiger partial charge in [-0.25, -0.2) is 0 Å². The molecule has 3 nitrogen and oxygen atoms in total. The van der Waals surface area contributed by atoms with E-state index >= 15 is 0 Å². The summed E-state index contributed by atoms with van der Waals surface area (Å²) < 4.78 is 0.999. The van der Waals surface area contributed by atoms with Gasteiger partial charge in [-0.15, -0.1) is 0 Å². The number of carboxylic acid groups (broad SMARTS) is 1. The van der Waals surface area contributed by atoms with E-state index in [1.165, 1.54) is 0 Å². The molecule has 1 atom stereocenters. The number of rotatable bonds is 3. The van der Waals surface area contributed by atoms with Crippen molar-refractivity contribution in [2.24, 2.45) is 5.92 Å². The van der Waals surface area contributed by atoms with Gasteiger partial charge in [0.1, 0.15) is 0 Å². The van der Waals surface area contributed by atoms with E-state index in [2.05, 4.69) is 20.9 Å². The number of nitrogens with one attached hydrogen (secondary N) is 1. The first-order chi connectivity index (χ1) is 7.59. The number of fused-ring (bicyclic) bond motifs is 1. The number of hydrogen-bond acceptors (Lipinski definition) is 1. The van der Waals surface area contributed by atoms with Gasteiger partial charge >= 0.3 is 5.97 Å². The zero-order valence-electron chi connectivity index (χ0n) is 8.83. The van der Waals surface area contributed by atoms with Gasteiger partial charge in [-0.1, -0.05) is 19.1 Å². The van der Waals surface area contributed by atoms with E-state index in [0.717, 1.165) is 20.9 Å². The maximum Gasteiger partial charge on any atom is 0.306 e. The van der Waals surface area contributed by atoms with E-state index in [-0.39, 0.29) is 5.92 Å². The summed E-state index contributed by atoms with van der Waals surface area (Å²) in [4.78, 5) is 14.0. The largest absolute Gasteiger partial charge is 0.481 e. The molecule has 0 radical (unpaired) electrons. The molecule has 84 valence electrons. The maximum absolute atomic E-state index is 10.8. The summed E-state index contributed by atoms with van der Waals surface area (Å²) in [5, 5.41) is 9.97. The van der Waals surface area contributed by atoms with Crippen LogP contribution in [0.3, 0.4) is 0 Å². The molecule has 0 fully saturated rings. The first-order valence-corrected chi connectivity index (χ1v) is 5.86. The molecule has 0 aliphatic carbocycles. The summed E-state index contributed by atoms with van der Waals surface area (Å²) in [6.45, 7) is 1.72. The molecule has 0 aliphatic rings. The lowest BCUT2D eigenvalue weighted by Crippen LogP contribution is -2.11. The summed E-state index contributed by atoms with van der Waals surface area (Å²) in [5.74, 6) is -1.12. The van der Waals surface area contributed by atoms with Crippen LogP contribution in [0.4, 0.5) is 0 Å². The second kappa shape index (κ2) is 4.29. The SMILES string of the molecule is CC(Cc1c[nH]c2c(Br)cccc12)C(=O)O. The standard InChI is InChI=1S/C12H12BrNO2/c1-7(12(15)16)5-8-6-14-11-9(8)3-2-4-10(11)13/h2-4,6-7,14H,5H2,1H3,(H,15,16). The smallest absolute Gasteiger partial charge is 0.306 e. The Labute approximate surface area is 102 Å². The van der Waals surface area contributed by atoms with E-state index in [1.54, 1.807) is 6.92 Å². The van der Waals surface area contributed by atoms with E-state index < -0.39 is 5.97 Å². The molecule has 4 heteroatoms. The van der Waals surface area contributed by atoms with Crippen molar-refractivity contribution in [1.82, 2.24) is 4.98 Å². The van der Waals surface area contributed by atoms with Crippen LogP contribution in [0.5, 0.6) is 0 Å². The Hall–Kier alpha value is -1.29. The van der Waals surface area contributed by atoms with Crippen LogP contribution >= 0.6 is 15.9 Å². The predicted octanol–water partition coefficient (Wildman–Crippen LogP) is 3.19.